The van der Waals surface area contributed by atoms with Crippen LogP contribution in [0.25, 0.3) is 0 Å². The number of carboxylic acid groups (broad SMARTS) is 1. The average Bonchev–Trinajstić information content (AvgIpc) is 3.22. The van der Waals surface area contributed by atoms with Crippen molar-refractivity contribution in [2.45, 2.75) is 32.5 Å². The number of nitrogens with zero attached hydrogens (tertiary/aromatic N) is 5. The molecule has 0 spiro atoms. The summed E-state index contributed by atoms with van der Waals surface area (Å²) in [5.41, 5.74) is 3.57. The van der Waals surface area contributed by atoms with Crippen molar-refractivity contribution in [3.8, 4) is 0 Å². The van der Waals surface area contributed by atoms with Gasteiger partial charge in [-0.2, -0.15) is 5.10 Å². The highest BCUT2D eigenvalue weighted by Gasteiger charge is 2.34. The van der Waals surface area contributed by atoms with Gasteiger partial charge in [0.25, 0.3) is 12.4 Å². The van der Waals surface area contributed by atoms with E-state index >= 15 is 0 Å². The van der Waals surface area contributed by atoms with Crippen LogP contribution < -0.4 is 5.32 Å². The average molecular weight is 445 g/mol. The maximum atomic E-state index is 12.9. The molecule has 4 heterocycles. The van der Waals surface area contributed by atoms with Gasteiger partial charge >= 0.3 is 0 Å². The van der Waals surface area contributed by atoms with Gasteiger partial charge < -0.3 is 20.1 Å². The van der Waals surface area contributed by atoms with Gasteiger partial charge in [0.2, 0.25) is 5.91 Å². The largest absolute Gasteiger partial charge is 0.483 e. The lowest BCUT2D eigenvalue weighted by Crippen LogP contribution is -2.54. The van der Waals surface area contributed by atoms with E-state index in [1.165, 1.54) is 0 Å². The molecule has 0 bridgehead atoms. The zero-order valence-electron chi connectivity index (χ0n) is 18.1. The molecule has 172 valence electrons. The fraction of sp³-hybridized carbons (Fsp3) is 0.500. The second-order valence-electron chi connectivity index (χ2n) is 7.55. The first-order valence-corrected chi connectivity index (χ1v) is 10.2. The van der Waals surface area contributed by atoms with Gasteiger partial charge in [0.05, 0.1) is 49.6 Å². The zero-order chi connectivity index (χ0) is 23.1. The Kier molecular flexibility index (Phi) is 7.84. The fourth-order valence-corrected chi connectivity index (χ4v) is 3.62. The van der Waals surface area contributed by atoms with Crippen LogP contribution in [-0.4, -0.2) is 92.8 Å². The quantitative estimate of drug-likeness (QED) is 0.521. The van der Waals surface area contributed by atoms with Crippen LogP contribution in [0.2, 0.25) is 0 Å². The third-order valence-electron chi connectivity index (χ3n) is 5.41. The molecule has 3 N–H and O–H groups in total. The lowest BCUT2D eigenvalue weighted by molar-refractivity contribution is -0.143. The van der Waals surface area contributed by atoms with Crippen molar-refractivity contribution >= 4 is 18.3 Å². The predicted octanol–water partition coefficient (Wildman–Crippen LogP) is -0.646. The molecule has 2 aromatic rings. The molecule has 2 aliphatic heterocycles. The van der Waals surface area contributed by atoms with Crippen LogP contribution in [0.15, 0.2) is 12.4 Å². The van der Waals surface area contributed by atoms with Crippen molar-refractivity contribution < 1.29 is 24.2 Å². The third kappa shape index (κ3) is 5.45. The first kappa shape index (κ1) is 23.3. The summed E-state index contributed by atoms with van der Waals surface area (Å²) in [6, 6.07) is -0.258. The number of likely N-dealkylation sites (N-methyl/N-ethyl adjacent to an activating group) is 1. The molecular formula is C20H27N7O5. The molecule has 1 atom stereocenters. The van der Waals surface area contributed by atoms with E-state index in [1.54, 1.807) is 17.3 Å². The molecule has 0 aliphatic carbocycles. The Morgan fingerprint density at radius 3 is 2.81 bits per heavy atom. The van der Waals surface area contributed by atoms with E-state index in [-0.39, 0.29) is 30.9 Å². The highest BCUT2D eigenvalue weighted by Crippen LogP contribution is 2.22. The summed E-state index contributed by atoms with van der Waals surface area (Å²) in [5, 5.41) is 16.9. The van der Waals surface area contributed by atoms with Gasteiger partial charge in [-0.25, -0.2) is 0 Å². The number of carbonyl (C=O) groups is 3. The summed E-state index contributed by atoms with van der Waals surface area (Å²) < 4.78 is 5.47. The number of aryl methyl sites for hydroxylation is 1. The number of carbonyl (C=O) groups excluding carboxylic acids is 2. The number of hydrogen-bond acceptors (Lipinski definition) is 8. The van der Waals surface area contributed by atoms with Gasteiger partial charge in [0, 0.05) is 24.8 Å². The molecule has 0 aromatic carbocycles. The minimum absolute atomic E-state index is 0.0522. The summed E-state index contributed by atoms with van der Waals surface area (Å²) >= 11 is 0. The van der Waals surface area contributed by atoms with E-state index in [0.717, 1.165) is 23.5 Å². The van der Waals surface area contributed by atoms with Crippen LogP contribution in [-0.2, 0) is 33.8 Å². The van der Waals surface area contributed by atoms with Crippen LogP contribution in [0.1, 0.15) is 33.1 Å². The van der Waals surface area contributed by atoms with Gasteiger partial charge in [-0.3, -0.25) is 34.4 Å². The Bertz CT molecular complexity index is 946. The number of aromatic amines is 1. The number of rotatable bonds is 4. The Hall–Kier alpha value is -3.38. The molecule has 2 aromatic heterocycles. The van der Waals surface area contributed by atoms with Crippen molar-refractivity contribution in [3.05, 3.63) is 40.7 Å². The molecule has 0 radical (unpaired) electrons. The van der Waals surface area contributed by atoms with Crippen molar-refractivity contribution in [1.29, 1.82) is 0 Å². The maximum Gasteiger partial charge on any atom is 0.290 e. The van der Waals surface area contributed by atoms with Crippen LogP contribution in [0, 0.1) is 6.92 Å². The van der Waals surface area contributed by atoms with E-state index in [4.69, 9.17) is 14.6 Å². The molecule has 0 saturated carbocycles. The first-order valence-electron chi connectivity index (χ1n) is 10.2. The third-order valence-corrected chi connectivity index (χ3v) is 5.41. The predicted molar refractivity (Wildman–Crippen MR) is 112 cm³/mol. The SMILES string of the molecule is Cc1cnc(CNC(=O)c2n[nH]c3c2CCN(C(=O)[C@H]2COCCN2C)C3)cn1.O=CO. The normalized spacial score (nSPS) is 18.2. The Morgan fingerprint density at radius 1 is 1.34 bits per heavy atom. The van der Waals surface area contributed by atoms with Crippen molar-refractivity contribution in [2.75, 3.05) is 33.4 Å². The lowest BCUT2D eigenvalue weighted by atomic mass is 10.0. The second kappa shape index (κ2) is 10.8. The number of ether oxygens (including phenoxy) is 1. The summed E-state index contributed by atoms with van der Waals surface area (Å²) in [6.07, 6.45) is 3.89. The van der Waals surface area contributed by atoms with Crippen molar-refractivity contribution in [1.82, 2.24) is 35.3 Å². The standard InChI is InChI=1S/C19H25N7O3.CH2O2/c1-12-7-21-13(8-20-12)9-22-18(27)17-14-3-4-26(10-15(14)23-24-17)19(28)16-11-29-6-5-25(16)2;2-1-3/h7-8,16H,3-6,9-11H2,1-2H3,(H,22,27)(H,23,24);1H,(H,2,3)/t16-;/m1./s1. The number of fused-ring (bicyclic) bond motifs is 1. The number of nitrogens with one attached hydrogen (secondary N) is 2. The van der Waals surface area contributed by atoms with Gasteiger partial charge in [0.1, 0.15) is 6.04 Å². The van der Waals surface area contributed by atoms with E-state index in [9.17, 15) is 9.59 Å². The molecule has 1 fully saturated rings. The van der Waals surface area contributed by atoms with Crippen molar-refractivity contribution in [2.24, 2.45) is 0 Å². The molecule has 1 saturated heterocycles. The molecule has 12 heteroatoms. The van der Waals surface area contributed by atoms with Crippen molar-refractivity contribution in [3.63, 3.8) is 0 Å². The summed E-state index contributed by atoms with van der Waals surface area (Å²) in [5.74, 6) is -0.207. The number of hydrogen-bond donors (Lipinski definition) is 3. The van der Waals surface area contributed by atoms with E-state index in [2.05, 4.69) is 25.5 Å². The topological polar surface area (TPSA) is 154 Å². The highest BCUT2D eigenvalue weighted by atomic mass is 16.5. The highest BCUT2D eigenvalue weighted by molar-refractivity contribution is 5.94. The lowest BCUT2D eigenvalue weighted by Gasteiger charge is -2.36. The zero-order valence-corrected chi connectivity index (χ0v) is 18.1. The smallest absolute Gasteiger partial charge is 0.290 e. The second-order valence-corrected chi connectivity index (χ2v) is 7.55. The van der Waals surface area contributed by atoms with E-state index in [0.29, 0.717) is 44.1 Å². The molecule has 32 heavy (non-hydrogen) atoms. The minimum Gasteiger partial charge on any atom is -0.483 e. The van der Waals surface area contributed by atoms with Gasteiger partial charge in [0.15, 0.2) is 5.69 Å². The van der Waals surface area contributed by atoms with Gasteiger partial charge in [-0.05, 0) is 20.4 Å². The van der Waals surface area contributed by atoms with Crippen LogP contribution in [0.4, 0.5) is 0 Å². The number of amides is 2. The van der Waals surface area contributed by atoms with E-state index < -0.39 is 0 Å². The Morgan fingerprint density at radius 2 is 2.12 bits per heavy atom. The van der Waals surface area contributed by atoms with Crippen LogP contribution >= 0.6 is 0 Å². The number of H-pyrrole nitrogens is 1. The minimum atomic E-state index is -0.259. The fourth-order valence-electron chi connectivity index (χ4n) is 3.62. The Balaban J connectivity index is 0.000000913. The number of aromatic nitrogens is 4. The summed E-state index contributed by atoms with van der Waals surface area (Å²) in [7, 11) is 1.94. The van der Waals surface area contributed by atoms with E-state index in [1.807, 2.05) is 18.9 Å². The van der Waals surface area contributed by atoms with Crippen LogP contribution in [0.3, 0.4) is 0 Å². The molecule has 4 rings (SSSR count). The summed E-state index contributed by atoms with van der Waals surface area (Å²) in [4.78, 5) is 46.1. The molecular weight excluding hydrogens is 418 g/mol. The maximum absolute atomic E-state index is 12.9. The first-order chi connectivity index (χ1) is 15.4. The number of morpholine rings is 1. The molecule has 0 unspecified atom stereocenters. The monoisotopic (exact) mass is 445 g/mol. The molecule has 2 aliphatic rings. The van der Waals surface area contributed by atoms with Gasteiger partial charge in [-0.15, -0.1) is 0 Å². The van der Waals surface area contributed by atoms with Gasteiger partial charge in [-0.1, -0.05) is 0 Å². The molecule has 2 amide bonds. The summed E-state index contributed by atoms with van der Waals surface area (Å²) in [6.45, 7) is 4.68. The van der Waals surface area contributed by atoms with Crippen LogP contribution in [0.5, 0.6) is 0 Å². The Labute approximate surface area is 185 Å². The molecule has 12 nitrogen and oxygen atoms in total.